The van der Waals surface area contributed by atoms with Crippen LogP contribution in [-0.2, 0) is 0 Å². The van der Waals surface area contributed by atoms with Crippen LogP contribution < -0.4 is 4.74 Å². The lowest BCUT2D eigenvalue weighted by Crippen LogP contribution is -1.83. The number of phenols is 1. The van der Waals surface area contributed by atoms with Crippen LogP contribution >= 0.6 is 0 Å². The largest absolute Gasteiger partial charge is 0.508 e. The smallest absolute Gasteiger partial charge is 0.123 e. The van der Waals surface area contributed by atoms with Crippen molar-refractivity contribution in [1.82, 2.24) is 4.98 Å². The summed E-state index contributed by atoms with van der Waals surface area (Å²) in [5, 5.41) is 9.50. The first-order chi connectivity index (χ1) is 8.28. The molecule has 2 aromatic rings. The monoisotopic (exact) mass is 227 g/mol. The van der Waals surface area contributed by atoms with Crippen LogP contribution in [0.4, 0.5) is 0 Å². The molecule has 1 aromatic heterocycles. The third-order valence-corrected chi connectivity index (χ3v) is 2.32. The quantitative estimate of drug-likeness (QED) is 0.876. The van der Waals surface area contributed by atoms with Gasteiger partial charge in [-0.15, -0.1) is 0 Å². The van der Waals surface area contributed by atoms with Crippen molar-refractivity contribution in [2.45, 2.75) is 0 Å². The molecule has 1 aromatic carbocycles. The fourth-order valence-electron chi connectivity index (χ4n) is 1.49. The molecule has 0 spiro atoms. The van der Waals surface area contributed by atoms with E-state index in [-0.39, 0.29) is 5.75 Å². The maximum absolute atomic E-state index is 9.50. The average molecular weight is 227 g/mol. The molecule has 86 valence electrons. The highest BCUT2D eigenvalue weighted by Crippen LogP contribution is 2.22. The van der Waals surface area contributed by atoms with Gasteiger partial charge in [-0.2, -0.15) is 0 Å². The van der Waals surface area contributed by atoms with Crippen molar-refractivity contribution >= 4 is 12.2 Å². The van der Waals surface area contributed by atoms with Crippen molar-refractivity contribution in [3.8, 4) is 11.5 Å². The number of methoxy groups -OCH3 is 1. The summed E-state index contributed by atoms with van der Waals surface area (Å²) in [6.45, 7) is 0. The second-order valence-corrected chi connectivity index (χ2v) is 3.58. The van der Waals surface area contributed by atoms with Gasteiger partial charge in [0.25, 0.3) is 0 Å². The average Bonchev–Trinajstić information content (AvgIpc) is 2.37. The topological polar surface area (TPSA) is 42.4 Å². The lowest BCUT2D eigenvalue weighted by Gasteiger charge is -2.02. The summed E-state index contributed by atoms with van der Waals surface area (Å²) < 4.78 is 5.08. The highest BCUT2D eigenvalue weighted by molar-refractivity contribution is 5.70. The summed E-state index contributed by atoms with van der Waals surface area (Å²) >= 11 is 0. The van der Waals surface area contributed by atoms with Crippen LogP contribution in [0.3, 0.4) is 0 Å². The Morgan fingerprint density at radius 2 is 1.76 bits per heavy atom. The maximum Gasteiger partial charge on any atom is 0.123 e. The predicted octanol–water partition coefficient (Wildman–Crippen LogP) is 2.97. The summed E-state index contributed by atoms with van der Waals surface area (Å²) in [5.74, 6) is 0.832. The molecule has 3 nitrogen and oxygen atoms in total. The van der Waals surface area contributed by atoms with Crippen molar-refractivity contribution < 1.29 is 9.84 Å². The maximum atomic E-state index is 9.50. The van der Waals surface area contributed by atoms with Gasteiger partial charge < -0.3 is 9.84 Å². The number of hydrogen-bond donors (Lipinski definition) is 1. The Bertz CT molecular complexity index is 521. The van der Waals surface area contributed by atoms with Crippen molar-refractivity contribution in [3.63, 3.8) is 0 Å². The van der Waals surface area contributed by atoms with E-state index < -0.39 is 0 Å². The molecule has 0 aliphatic heterocycles. The Labute approximate surface area is 100 Å². The minimum Gasteiger partial charge on any atom is -0.508 e. The molecule has 0 bridgehead atoms. The molecule has 0 fully saturated rings. The number of aromatic hydroxyl groups is 1. The van der Waals surface area contributed by atoms with E-state index in [0.29, 0.717) is 5.75 Å². The lowest BCUT2D eigenvalue weighted by molar-refractivity contribution is 0.407. The van der Waals surface area contributed by atoms with Crippen molar-refractivity contribution in [1.29, 1.82) is 0 Å². The van der Waals surface area contributed by atoms with Gasteiger partial charge in [0.05, 0.1) is 7.11 Å². The lowest BCUT2D eigenvalue weighted by atomic mass is 10.1. The first-order valence-corrected chi connectivity index (χ1v) is 5.24. The van der Waals surface area contributed by atoms with Crippen LogP contribution in [0.2, 0.25) is 0 Å². The summed E-state index contributed by atoms with van der Waals surface area (Å²) in [6.07, 6.45) is 7.35. The van der Waals surface area contributed by atoms with Gasteiger partial charge in [-0.05, 0) is 35.4 Å². The molecule has 0 saturated heterocycles. The van der Waals surface area contributed by atoms with E-state index in [9.17, 15) is 5.11 Å². The van der Waals surface area contributed by atoms with Crippen LogP contribution in [0, 0.1) is 0 Å². The first-order valence-electron chi connectivity index (χ1n) is 5.24. The van der Waals surface area contributed by atoms with Gasteiger partial charge in [0, 0.05) is 18.5 Å². The van der Waals surface area contributed by atoms with E-state index in [1.807, 2.05) is 30.4 Å². The van der Waals surface area contributed by atoms with Crippen LogP contribution in [-0.4, -0.2) is 17.2 Å². The van der Waals surface area contributed by atoms with E-state index in [4.69, 9.17) is 4.74 Å². The molecule has 0 aliphatic rings. The number of hydrogen-bond acceptors (Lipinski definition) is 3. The van der Waals surface area contributed by atoms with E-state index >= 15 is 0 Å². The van der Waals surface area contributed by atoms with E-state index in [1.165, 1.54) is 0 Å². The predicted molar refractivity (Wildman–Crippen MR) is 67.8 cm³/mol. The minimum absolute atomic E-state index is 0.193. The fourth-order valence-corrected chi connectivity index (χ4v) is 1.49. The Morgan fingerprint density at radius 3 is 2.47 bits per heavy atom. The Balaban J connectivity index is 2.24. The van der Waals surface area contributed by atoms with Gasteiger partial charge in [0.1, 0.15) is 11.5 Å². The molecule has 17 heavy (non-hydrogen) atoms. The molecule has 1 N–H and O–H groups in total. The molecule has 0 saturated carbocycles. The number of pyridine rings is 1. The van der Waals surface area contributed by atoms with E-state index in [0.717, 1.165) is 11.1 Å². The zero-order chi connectivity index (χ0) is 12.1. The highest BCUT2D eigenvalue weighted by Gasteiger charge is 1.97. The Hall–Kier alpha value is -2.29. The van der Waals surface area contributed by atoms with Crippen LogP contribution in [0.15, 0.2) is 42.7 Å². The molecule has 0 unspecified atom stereocenters. The summed E-state index contributed by atoms with van der Waals surface area (Å²) in [7, 11) is 1.57. The number of ether oxygens (including phenoxy) is 1. The van der Waals surface area contributed by atoms with Crippen LogP contribution in [0.5, 0.6) is 11.5 Å². The van der Waals surface area contributed by atoms with E-state index in [2.05, 4.69) is 4.98 Å². The second kappa shape index (κ2) is 5.16. The van der Waals surface area contributed by atoms with Gasteiger partial charge >= 0.3 is 0 Å². The summed E-state index contributed by atoms with van der Waals surface area (Å²) in [6, 6.07) is 8.94. The standard InChI is InChI=1S/C14H13NO2/c1-17-14-9-12(8-13(16)10-14)3-2-11-4-6-15-7-5-11/h2-10,16H,1H3/b3-2+. The highest BCUT2D eigenvalue weighted by atomic mass is 16.5. The second-order valence-electron chi connectivity index (χ2n) is 3.58. The minimum atomic E-state index is 0.193. The number of aromatic nitrogens is 1. The van der Waals surface area contributed by atoms with Crippen LogP contribution in [0.1, 0.15) is 11.1 Å². The summed E-state index contributed by atoms with van der Waals surface area (Å²) in [4.78, 5) is 3.95. The number of nitrogens with zero attached hydrogens (tertiary/aromatic N) is 1. The van der Waals surface area contributed by atoms with Gasteiger partial charge in [0.15, 0.2) is 0 Å². The molecular formula is C14H13NO2. The first kappa shape index (κ1) is 11.2. The van der Waals surface area contributed by atoms with Crippen molar-refractivity contribution in [2.24, 2.45) is 0 Å². The van der Waals surface area contributed by atoms with E-state index in [1.54, 1.807) is 31.6 Å². The number of phenolic OH excluding ortho intramolecular Hbond substituents is 1. The third kappa shape index (κ3) is 3.08. The molecular weight excluding hydrogens is 214 g/mol. The normalized spacial score (nSPS) is 10.6. The number of benzene rings is 1. The SMILES string of the molecule is COc1cc(O)cc(/C=C/c2ccncc2)c1. The molecule has 1 heterocycles. The molecule has 0 atom stereocenters. The van der Waals surface area contributed by atoms with Gasteiger partial charge in [-0.3, -0.25) is 4.98 Å². The van der Waals surface area contributed by atoms with Gasteiger partial charge in [-0.1, -0.05) is 12.2 Å². The molecule has 0 radical (unpaired) electrons. The zero-order valence-electron chi connectivity index (χ0n) is 9.50. The summed E-state index contributed by atoms with van der Waals surface area (Å²) in [5.41, 5.74) is 1.95. The van der Waals surface area contributed by atoms with Crippen LogP contribution in [0.25, 0.3) is 12.2 Å². The molecule has 2 rings (SSSR count). The molecule has 3 heteroatoms. The van der Waals surface area contributed by atoms with Crippen molar-refractivity contribution in [2.75, 3.05) is 7.11 Å². The number of rotatable bonds is 3. The molecule has 0 amide bonds. The zero-order valence-corrected chi connectivity index (χ0v) is 9.50. The van der Waals surface area contributed by atoms with Crippen molar-refractivity contribution in [3.05, 3.63) is 53.9 Å². The fraction of sp³-hybridized carbons (Fsp3) is 0.0714. The van der Waals surface area contributed by atoms with Gasteiger partial charge in [-0.25, -0.2) is 0 Å². The Morgan fingerprint density at radius 1 is 1.06 bits per heavy atom. The van der Waals surface area contributed by atoms with Gasteiger partial charge in [0.2, 0.25) is 0 Å². The third-order valence-electron chi connectivity index (χ3n) is 2.32. The Kier molecular flexibility index (Phi) is 3.40. The molecule has 0 aliphatic carbocycles.